The quantitative estimate of drug-likeness (QED) is 0.493. The van der Waals surface area contributed by atoms with Crippen LogP contribution >= 0.6 is 0 Å². The Morgan fingerprint density at radius 2 is 1.77 bits per heavy atom. The minimum absolute atomic E-state index is 0.257. The van der Waals surface area contributed by atoms with Gasteiger partial charge in [0.05, 0.1) is 24.5 Å². The Balaban J connectivity index is 1.64. The first-order valence-electron chi connectivity index (χ1n) is 10.3. The molecule has 0 radical (unpaired) electrons. The molecule has 6 nitrogen and oxygen atoms in total. The number of benzene rings is 2. The number of para-hydroxylation sites is 1. The van der Waals surface area contributed by atoms with Gasteiger partial charge in [-0.2, -0.15) is 0 Å². The highest BCUT2D eigenvalue weighted by molar-refractivity contribution is 5.99. The third kappa shape index (κ3) is 5.94. The van der Waals surface area contributed by atoms with Gasteiger partial charge in [-0.05, 0) is 62.2 Å². The van der Waals surface area contributed by atoms with Crippen molar-refractivity contribution in [3.05, 3.63) is 77.7 Å². The molecule has 0 aliphatic heterocycles. The van der Waals surface area contributed by atoms with E-state index in [0.717, 1.165) is 5.56 Å². The maximum absolute atomic E-state index is 14.0. The number of carbonyl (C=O) groups excluding carboxylic acids is 1. The minimum Gasteiger partial charge on any atom is -0.490 e. The Hall–Kier alpha value is -3.61. The van der Waals surface area contributed by atoms with E-state index in [9.17, 15) is 9.18 Å². The molecule has 162 valence electrons. The zero-order valence-electron chi connectivity index (χ0n) is 17.7. The number of ether oxygens (including phenoxy) is 2. The molecule has 1 amide bonds. The van der Waals surface area contributed by atoms with Crippen LogP contribution in [-0.2, 0) is 6.42 Å². The Kier molecular flexibility index (Phi) is 7.81. The number of aromatic nitrogens is 1. The van der Waals surface area contributed by atoms with E-state index in [4.69, 9.17) is 9.47 Å². The molecule has 1 heterocycles. The summed E-state index contributed by atoms with van der Waals surface area (Å²) in [7, 11) is 0. The van der Waals surface area contributed by atoms with Crippen LogP contribution in [0.5, 0.6) is 11.5 Å². The third-order valence-corrected chi connectivity index (χ3v) is 4.49. The molecule has 1 aromatic heterocycles. The van der Waals surface area contributed by atoms with Gasteiger partial charge in [0.25, 0.3) is 5.91 Å². The molecule has 0 aliphatic rings. The Bertz CT molecular complexity index is 1030. The van der Waals surface area contributed by atoms with Crippen molar-refractivity contribution in [3.63, 3.8) is 0 Å². The predicted molar refractivity (Wildman–Crippen MR) is 119 cm³/mol. The Morgan fingerprint density at radius 3 is 2.55 bits per heavy atom. The zero-order valence-corrected chi connectivity index (χ0v) is 17.7. The summed E-state index contributed by atoms with van der Waals surface area (Å²) in [6.07, 6.45) is 2.17. The van der Waals surface area contributed by atoms with Crippen molar-refractivity contribution < 1.29 is 18.7 Å². The van der Waals surface area contributed by atoms with Crippen LogP contribution in [0.15, 0.2) is 60.8 Å². The van der Waals surface area contributed by atoms with E-state index in [1.165, 1.54) is 6.07 Å². The molecule has 0 spiro atoms. The van der Waals surface area contributed by atoms with Gasteiger partial charge in [-0.15, -0.1) is 0 Å². The largest absolute Gasteiger partial charge is 0.490 e. The van der Waals surface area contributed by atoms with Crippen molar-refractivity contribution in [3.8, 4) is 11.5 Å². The molecule has 0 bridgehead atoms. The molecular formula is C24H26FN3O3. The van der Waals surface area contributed by atoms with Gasteiger partial charge >= 0.3 is 0 Å². The van der Waals surface area contributed by atoms with Crippen LogP contribution in [0.3, 0.4) is 0 Å². The highest BCUT2D eigenvalue weighted by Crippen LogP contribution is 2.28. The Labute approximate surface area is 181 Å². The van der Waals surface area contributed by atoms with Crippen LogP contribution in [0.2, 0.25) is 0 Å². The number of nitrogens with one attached hydrogen (secondary N) is 2. The summed E-state index contributed by atoms with van der Waals surface area (Å²) >= 11 is 0. The molecule has 31 heavy (non-hydrogen) atoms. The number of nitrogens with zero attached hydrogens (tertiary/aromatic N) is 1. The van der Waals surface area contributed by atoms with Gasteiger partial charge in [-0.1, -0.05) is 18.2 Å². The molecule has 0 aliphatic carbocycles. The highest BCUT2D eigenvalue weighted by Gasteiger charge is 2.14. The van der Waals surface area contributed by atoms with Crippen LogP contribution in [0, 0.1) is 5.82 Å². The average Bonchev–Trinajstić information content (AvgIpc) is 2.77. The molecular weight excluding hydrogens is 397 g/mol. The molecule has 7 heteroatoms. The fraction of sp³-hybridized carbons (Fsp3) is 0.250. The zero-order chi connectivity index (χ0) is 22.1. The molecule has 2 N–H and O–H groups in total. The van der Waals surface area contributed by atoms with Gasteiger partial charge in [-0.3, -0.25) is 4.79 Å². The monoisotopic (exact) mass is 423 g/mol. The smallest absolute Gasteiger partial charge is 0.255 e. The van der Waals surface area contributed by atoms with Crippen LogP contribution in [0.4, 0.5) is 15.9 Å². The first kappa shape index (κ1) is 22.1. The van der Waals surface area contributed by atoms with Crippen LogP contribution < -0.4 is 20.1 Å². The fourth-order valence-corrected chi connectivity index (χ4v) is 3.04. The number of carbonyl (C=O) groups is 1. The molecule has 2 aromatic carbocycles. The van der Waals surface area contributed by atoms with Crippen LogP contribution in [0.25, 0.3) is 0 Å². The Morgan fingerprint density at radius 1 is 1.00 bits per heavy atom. The van der Waals surface area contributed by atoms with Crippen molar-refractivity contribution in [2.24, 2.45) is 0 Å². The molecule has 0 unspecified atom stereocenters. The number of amides is 1. The first-order chi connectivity index (χ1) is 15.1. The van der Waals surface area contributed by atoms with Crippen molar-refractivity contribution in [1.29, 1.82) is 0 Å². The molecule has 3 rings (SSSR count). The number of pyridine rings is 1. The van der Waals surface area contributed by atoms with Crippen LogP contribution in [-0.4, -0.2) is 30.6 Å². The summed E-state index contributed by atoms with van der Waals surface area (Å²) in [6, 6.07) is 15.3. The lowest BCUT2D eigenvalue weighted by Gasteiger charge is -2.13. The highest BCUT2D eigenvalue weighted by atomic mass is 19.1. The second-order valence-electron chi connectivity index (χ2n) is 6.66. The van der Waals surface area contributed by atoms with E-state index in [1.807, 2.05) is 32.0 Å². The maximum Gasteiger partial charge on any atom is 0.255 e. The molecule has 0 atom stereocenters. The fourth-order valence-electron chi connectivity index (χ4n) is 3.04. The van der Waals surface area contributed by atoms with Crippen molar-refractivity contribution in [2.75, 3.05) is 25.1 Å². The predicted octanol–water partition coefficient (Wildman–Crippen LogP) is 4.73. The number of hydrogen-bond acceptors (Lipinski definition) is 5. The standard InChI is InChI=1S/C24H26FN3O3/c1-3-30-21-12-11-17(16-22(21)31-4-2)13-15-27-24(29)18-8-7-14-26-23(18)28-20-10-6-5-9-19(20)25/h5-12,14,16H,3-4,13,15H2,1-2H3,(H,26,28)(H,27,29). The van der Waals surface area contributed by atoms with Gasteiger partial charge in [0.15, 0.2) is 11.5 Å². The first-order valence-corrected chi connectivity index (χ1v) is 10.3. The van der Waals surface area contributed by atoms with E-state index < -0.39 is 5.82 Å². The van der Waals surface area contributed by atoms with Crippen molar-refractivity contribution >= 4 is 17.4 Å². The number of hydrogen-bond donors (Lipinski definition) is 2. The van der Waals surface area contributed by atoms with E-state index in [0.29, 0.717) is 49.1 Å². The van der Waals surface area contributed by atoms with E-state index in [1.54, 1.807) is 36.5 Å². The third-order valence-electron chi connectivity index (χ3n) is 4.49. The SMILES string of the molecule is CCOc1ccc(CCNC(=O)c2cccnc2Nc2ccccc2F)cc1OCC. The summed E-state index contributed by atoms with van der Waals surface area (Å²) in [4.78, 5) is 16.9. The lowest BCUT2D eigenvalue weighted by atomic mass is 10.1. The molecule has 0 saturated heterocycles. The number of rotatable bonds is 10. The van der Waals surface area contributed by atoms with Crippen LogP contribution in [0.1, 0.15) is 29.8 Å². The topological polar surface area (TPSA) is 72.5 Å². The van der Waals surface area contributed by atoms with Gasteiger partial charge < -0.3 is 20.1 Å². The van der Waals surface area contributed by atoms with Gasteiger partial charge in [0.2, 0.25) is 0 Å². The lowest BCUT2D eigenvalue weighted by Crippen LogP contribution is -2.26. The second-order valence-corrected chi connectivity index (χ2v) is 6.66. The molecule has 3 aromatic rings. The summed E-state index contributed by atoms with van der Waals surface area (Å²) < 4.78 is 25.2. The van der Waals surface area contributed by atoms with Gasteiger partial charge in [-0.25, -0.2) is 9.37 Å². The van der Waals surface area contributed by atoms with Gasteiger partial charge in [0, 0.05) is 12.7 Å². The summed E-state index contributed by atoms with van der Waals surface area (Å²) in [5.74, 6) is 0.987. The minimum atomic E-state index is -0.417. The summed E-state index contributed by atoms with van der Waals surface area (Å²) in [5.41, 5.74) is 1.61. The second kappa shape index (κ2) is 11.0. The normalized spacial score (nSPS) is 10.4. The summed E-state index contributed by atoms with van der Waals surface area (Å²) in [5, 5.41) is 5.79. The van der Waals surface area contributed by atoms with Crippen molar-refractivity contribution in [1.82, 2.24) is 10.3 Å². The molecule has 0 saturated carbocycles. The average molecular weight is 423 g/mol. The number of anilines is 2. The summed E-state index contributed by atoms with van der Waals surface area (Å²) in [6.45, 7) is 5.37. The maximum atomic E-state index is 14.0. The lowest BCUT2D eigenvalue weighted by molar-refractivity contribution is 0.0954. The van der Waals surface area contributed by atoms with E-state index >= 15 is 0 Å². The number of halogens is 1. The van der Waals surface area contributed by atoms with E-state index in [2.05, 4.69) is 15.6 Å². The van der Waals surface area contributed by atoms with Crippen molar-refractivity contribution in [2.45, 2.75) is 20.3 Å². The van der Waals surface area contributed by atoms with Gasteiger partial charge in [0.1, 0.15) is 11.6 Å². The van der Waals surface area contributed by atoms with E-state index in [-0.39, 0.29) is 11.6 Å². The molecule has 0 fully saturated rings.